The molecule has 0 aliphatic heterocycles. The predicted octanol–water partition coefficient (Wildman–Crippen LogP) is 6.57. The van der Waals surface area contributed by atoms with Gasteiger partial charge in [0.15, 0.2) is 0 Å². The summed E-state index contributed by atoms with van der Waals surface area (Å²) in [5, 5.41) is 0.829. The number of aryl methyl sites for hydroxylation is 1. The number of rotatable bonds is 11. The van der Waals surface area contributed by atoms with E-state index in [4.69, 9.17) is 17.3 Å². The van der Waals surface area contributed by atoms with E-state index in [0.29, 0.717) is 0 Å². The lowest BCUT2D eigenvalue weighted by atomic mass is 9.99. The van der Waals surface area contributed by atoms with Crippen molar-refractivity contribution in [1.82, 2.24) is 0 Å². The molecule has 0 heterocycles. The second kappa shape index (κ2) is 11.1. The van der Waals surface area contributed by atoms with Crippen LogP contribution in [0, 0.1) is 6.92 Å². The van der Waals surface area contributed by atoms with Crippen LogP contribution in [0.15, 0.2) is 18.2 Å². The average molecular weight is 310 g/mol. The third-order valence-corrected chi connectivity index (χ3v) is 4.65. The van der Waals surface area contributed by atoms with Crippen molar-refractivity contribution in [2.24, 2.45) is 5.73 Å². The third-order valence-electron chi connectivity index (χ3n) is 4.24. The molecule has 0 saturated carbocycles. The van der Waals surface area contributed by atoms with Crippen LogP contribution in [-0.4, -0.2) is 0 Å². The molecule has 21 heavy (non-hydrogen) atoms. The molecule has 0 radical (unpaired) electrons. The number of unbranched alkanes of at least 4 members (excludes halogenated alkanes) is 8. The Bertz CT molecular complexity index is 389. The Balaban J connectivity index is 2.08. The van der Waals surface area contributed by atoms with Crippen molar-refractivity contribution in [3.8, 4) is 0 Å². The highest BCUT2D eigenvalue weighted by Gasteiger charge is 2.07. The van der Waals surface area contributed by atoms with E-state index >= 15 is 0 Å². The second-order valence-corrected chi connectivity index (χ2v) is 6.64. The van der Waals surface area contributed by atoms with Crippen molar-refractivity contribution in [2.45, 2.75) is 84.1 Å². The van der Waals surface area contributed by atoms with Crippen LogP contribution in [0.1, 0.15) is 88.3 Å². The standard InChI is InChI=1S/C19H32ClN/c1-3-4-5-6-7-8-9-10-11-12-19(21)17-14-13-16(2)18(20)15-17/h13-15,19H,3-12,21H2,1-2H3. The summed E-state index contributed by atoms with van der Waals surface area (Å²) in [5.41, 5.74) is 8.54. The highest BCUT2D eigenvalue weighted by molar-refractivity contribution is 6.31. The molecule has 0 spiro atoms. The molecule has 0 aliphatic carbocycles. The Morgan fingerprint density at radius 3 is 2.10 bits per heavy atom. The SMILES string of the molecule is CCCCCCCCCCCC(N)c1ccc(C)c(Cl)c1. The molecule has 1 nitrogen and oxygen atoms in total. The van der Waals surface area contributed by atoms with Gasteiger partial charge in [-0.15, -0.1) is 0 Å². The lowest BCUT2D eigenvalue weighted by Gasteiger charge is -2.13. The maximum absolute atomic E-state index is 6.25. The zero-order chi connectivity index (χ0) is 15.5. The van der Waals surface area contributed by atoms with Gasteiger partial charge in [0.2, 0.25) is 0 Å². The quantitative estimate of drug-likeness (QED) is 0.460. The fraction of sp³-hybridized carbons (Fsp3) is 0.684. The van der Waals surface area contributed by atoms with E-state index in [0.717, 1.165) is 17.0 Å². The van der Waals surface area contributed by atoms with Gasteiger partial charge in [-0.3, -0.25) is 0 Å². The van der Waals surface area contributed by atoms with Crippen LogP contribution in [0.2, 0.25) is 5.02 Å². The van der Waals surface area contributed by atoms with E-state index in [2.05, 4.69) is 19.1 Å². The molecule has 0 bridgehead atoms. The maximum Gasteiger partial charge on any atom is 0.0438 e. The molecule has 1 atom stereocenters. The van der Waals surface area contributed by atoms with Crippen molar-refractivity contribution in [2.75, 3.05) is 0 Å². The average Bonchev–Trinajstić information content (AvgIpc) is 2.48. The van der Waals surface area contributed by atoms with Gasteiger partial charge in [0, 0.05) is 11.1 Å². The van der Waals surface area contributed by atoms with Crippen molar-refractivity contribution in [3.05, 3.63) is 34.3 Å². The molecule has 2 heteroatoms. The van der Waals surface area contributed by atoms with Crippen LogP contribution >= 0.6 is 11.6 Å². The molecule has 1 aromatic rings. The van der Waals surface area contributed by atoms with Crippen molar-refractivity contribution in [1.29, 1.82) is 0 Å². The van der Waals surface area contributed by atoms with E-state index in [-0.39, 0.29) is 6.04 Å². The van der Waals surface area contributed by atoms with Gasteiger partial charge >= 0.3 is 0 Å². The largest absolute Gasteiger partial charge is 0.324 e. The van der Waals surface area contributed by atoms with Gasteiger partial charge in [-0.1, -0.05) is 88.4 Å². The van der Waals surface area contributed by atoms with Crippen molar-refractivity contribution < 1.29 is 0 Å². The summed E-state index contributed by atoms with van der Waals surface area (Å²) in [6.45, 7) is 4.29. The Hall–Kier alpha value is -0.530. The van der Waals surface area contributed by atoms with E-state index in [9.17, 15) is 0 Å². The van der Waals surface area contributed by atoms with Gasteiger partial charge in [-0.2, -0.15) is 0 Å². The first-order valence-corrected chi connectivity index (χ1v) is 9.04. The van der Waals surface area contributed by atoms with Crippen LogP contribution in [-0.2, 0) is 0 Å². The van der Waals surface area contributed by atoms with Gasteiger partial charge in [-0.25, -0.2) is 0 Å². The summed E-state index contributed by atoms with van der Waals surface area (Å²) in [4.78, 5) is 0. The summed E-state index contributed by atoms with van der Waals surface area (Å²) < 4.78 is 0. The number of benzene rings is 1. The van der Waals surface area contributed by atoms with Crippen LogP contribution in [0.4, 0.5) is 0 Å². The molecular formula is C19H32ClN. The van der Waals surface area contributed by atoms with Gasteiger partial charge in [0.05, 0.1) is 0 Å². The minimum Gasteiger partial charge on any atom is -0.324 e. The van der Waals surface area contributed by atoms with E-state index in [1.165, 1.54) is 63.4 Å². The van der Waals surface area contributed by atoms with Crippen LogP contribution in [0.3, 0.4) is 0 Å². The lowest BCUT2D eigenvalue weighted by molar-refractivity contribution is 0.532. The smallest absolute Gasteiger partial charge is 0.0438 e. The van der Waals surface area contributed by atoms with E-state index in [1.807, 2.05) is 13.0 Å². The van der Waals surface area contributed by atoms with E-state index in [1.54, 1.807) is 0 Å². The van der Waals surface area contributed by atoms with Crippen molar-refractivity contribution >= 4 is 11.6 Å². The zero-order valence-electron chi connectivity index (χ0n) is 13.8. The zero-order valence-corrected chi connectivity index (χ0v) is 14.6. The third kappa shape index (κ3) is 7.87. The molecule has 0 amide bonds. The summed E-state index contributed by atoms with van der Waals surface area (Å²) in [5.74, 6) is 0. The Kier molecular flexibility index (Phi) is 9.78. The van der Waals surface area contributed by atoms with Gasteiger partial charge in [0.1, 0.15) is 0 Å². The number of hydrogen-bond donors (Lipinski definition) is 1. The van der Waals surface area contributed by atoms with Gasteiger partial charge in [-0.05, 0) is 30.5 Å². The van der Waals surface area contributed by atoms with Gasteiger partial charge < -0.3 is 5.73 Å². The molecular weight excluding hydrogens is 278 g/mol. The molecule has 120 valence electrons. The monoisotopic (exact) mass is 309 g/mol. The predicted molar refractivity (Wildman–Crippen MR) is 95.0 cm³/mol. The van der Waals surface area contributed by atoms with Crippen LogP contribution in [0.5, 0.6) is 0 Å². The summed E-state index contributed by atoms with van der Waals surface area (Å²) in [6, 6.07) is 6.33. The Labute approximate surface area is 136 Å². The highest BCUT2D eigenvalue weighted by Crippen LogP contribution is 2.23. The summed E-state index contributed by atoms with van der Waals surface area (Å²) >= 11 is 6.16. The summed E-state index contributed by atoms with van der Waals surface area (Å²) in [6.07, 6.45) is 13.3. The molecule has 0 fully saturated rings. The first-order chi connectivity index (χ1) is 10.1. The lowest BCUT2D eigenvalue weighted by Crippen LogP contribution is -2.10. The van der Waals surface area contributed by atoms with Crippen LogP contribution < -0.4 is 5.73 Å². The first-order valence-electron chi connectivity index (χ1n) is 8.66. The fourth-order valence-corrected chi connectivity index (χ4v) is 2.87. The molecule has 0 aromatic heterocycles. The number of halogens is 1. The molecule has 1 rings (SSSR count). The molecule has 0 saturated heterocycles. The molecule has 0 aliphatic rings. The number of nitrogens with two attached hydrogens (primary N) is 1. The van der Waals surface area contributed by atoms with Gasteiger partial charge in [0.25, 0.3) is 0 Å². The van der Waals surface area contributed by atoms with Crippen LogP contribution in [0.25, 0.3) is 0 Å². The Morgan fingerprint density at radius 2 is 1.52 bits per heavy atom. The topological polar surface area (TPSA) is 26.0 Å². The normalized spacial score (nSPS) is 12.6. The minimum absolute atomic E-state index is 0.132. The highest BCUT2D eigenvalue weighted by atomic mass is 35.5. The first kappa shape index (κ1) is 18.5. The maximum atomic E-state index is 6.25. The molecule has 1 aromatic carbocycles. The Morgan fingerprint density at radius 1 is 0.952 bits per heavy atom. The summed E-state index contributed by atoms with van der Waals surface area (Å²) in [7, 11) is 0. The van der Waals surface area contributed by atoms with Crippen molar-refractivity contribution in [3.63, 3.8) is 0 Å². The van der Waals surface area contributed by atoms with E-state index < -0.39 is 0 Å². The second-order valence-electron chi connectivity index (χ2n) is 6.23. The fourth-order valence-electron chi connectivity index (χ4n) is 2.68. The molecule has 2 N–H and O–H groups in total. The molecule has 1 unspecified atom stereocenters. The number of hydrogen-bond acceptors (Lipinski definition) is 1. The minimum atomic E-state index is 0.132.